The topological polar surface area (TPSA) is 65.1 Å². The van der Waals surface area contributed by atoms with E-state index in [2.05, 4.69) is 0 Å². The van der Waals surface area contributed by atoms with Crippen LogP contribution >= 0.6 is 0 Å². The highest BCUT2D eigenvalue weighted by Gasteiger charge is 2.32. The largest absolute Gasteiger partial charge is 0.497 e. The van der Waals surface area contributed by atoms with E-state index in [9.17, 15) is 9.59 Å². The number of esters is 1. The first-order valence-corrected chi connectivity index (χ1v) is 9.50. The van der Waals surface area contributed by atoms with Crippen LogP contribution in [0.5, 0.6) is 11.5 Å². The maximum Gasteiger partial charge on any atom is 0.331 e. The number of carbonyl (C=O) groups is 2. The lowest BCUT2D eigenvalue weighted by molar-refractivity contribution is -0.148. The second kappa shape index (κ2) is 9.78. The Morgan fingerprint density at radius 2 is 1.76 bits per heavy atom. The molecule has 1 aliphatic carbocycles. The van der Waals surface area contributed by atoms with Gasteiger partial charge in [-0.3, -0.25) is 4.79 Å². The van der Waals surface area contributed by atoms with Crippen LogP contribution in [0.1, 0.15) is 24.0 Å². The highest BCUT2D eigenvalue weighted by molar-refractivity contribution is 5.89. The van der Waals surface area contributed by atoms with Crippen molar-refractivity contribution in [1.82, 2.24) is 4.90 Å². The summed E-state index contributed by atoms with van der Waals surface area (Å²) in [5.74, 6) is 0.733. The highest BCUT2D eigenvalue weighted by Crippen LogP contribution is 2.29. The minimum atomic E-state index is -0.554. The minimum absolute atomic E-state index is 0.188. The first-order valence-electron chi connectivity index (χ1n) is 9.50. The van der Waals surface area contributed by atoms with Gasteiger partial charge in [-0.25, -0.2) is 4.79 Å². The summed E-state index contributed by atoms with van der Waals surface area (Å²) >= 11 is 0. The molecule has 0 N–H and O–H groups in total. The van der Waals surface area contributed by atoms with Crippen LogP contribution in [0.2, 0.25) is 0 Å². The average Bonchev–Trinajstić information content (AvgIpc) is 3.60. The zero-order chi connectivity index (χ0) is 20.6. The van der Waals surface area contributed by atoms with Crippen LogP contribution in [0, 0.1) is 0 Å². The van der Waals surface area contributed by atoms with E-state index in [4.69, 9.17) is 14.2 Å². The number of rotatable bonds is 9. The molecule has 3 rings (SSSR count). The van der Waals surface area contributed by atoms with E-state index in [-0.39, 0.29) is 18.6 Å². The van der Waals surface area contributed by atoms with Gasteiger partial charge in [0.05, 0.1) is 14.2 Å². The standard InChI is InChI=1S/C23H25NO5/c1-27-20-11-6-18(7-12-20)15-24(19-9-10-19)22(25)16-29-23(26)13-8-17-4-3-5-21(14-17)28-2/h3-8,11-14,19H,9-10,15-16H2,1-2H3/b13-8+. The van der Waals surface area contributed by atoms with Crippen LogP contribution in [-0.4, -0.2) is 43.6 Å². The predicted molar refractivity (Wildman–Crippen MR) is 110 cm³/mol. The van der Waals surface area contributed by atoms with Crippen LogP contribution in [0.4, 0.5) is 0 Å². The molecule has 2 aromatic carbocycles. The molecule has 0 heterocycles. The molecule has 0 unspecified atom stereocenters. The molecule has 6 heteroatoms. The number of amides is 1. The number of carbonyl (C=O) groups excluding carboxylic acids is 2. The fourth-order valence-corrected chi connectivity index (χ4v) is 2.91. The first-order chi connectivity index (χ1) is 14.1. The van der Waals surface area contributed by atoms with Crippen LogP contribution in [0.3, 0.4) is 0 Å². The Morgan fingerprint density at radius 1 is 1.03 bits per heavy atom. The van der Waals surface area contributed by atoms with Crippen LogP contribution in [0.25, 0.3) is 6.08 Å². The van der Waals surface area contributed by atoms with Gasteiger partial charge in [-0.15, -0.1) is 0 Å². The fraction of sp³-hybridized carbons (Fsp3) is 0.304. The lowest BCUT2D eigenvalue weighted by atomic mass is 10.2. The molecule has 1 amide bonds. The third-order valence-electron chi connectivity index (χ3n) is 4.66. The van der Waals surface area contributed by atoms with Crippen molar-refractivity contribution in [2.24, 2.45) is 0 Å². The summed E-state index contributed by atoms with van der Waals surface area (Å²) in [7, 11) is 3.20. The van der Waals surface area contributed by atoms with Gasteiger partial charge in [0.2, 0.25) is 0 Å². The summed E-state index contributed by atoms with van der Waals surface area (Å²) < 4.78 is 15.5. The minimum Gasteiger partial charge on any atom is -0.497 e. The molecule has 0 aromatic heterocycles. The molecule has 29 heavy (non-hydrogen) atoms. The number of benzene rings is 2. The Kier molecular flexibility index (Phi) is 6.89. The molecule has 1 fully saturated rings. The third-order valence-corrected chi connectivity index (χ3v) is 4.66. The van der Waals surface area contributed by atoms with Crippen molar-refractivity contribution >= 4 is 18.0 Å². The summed E-state index contributed by atoms with van der Waals surface area (Å²) in [6.07, 6.45) is 4.90. The molecular formula is C23H25NO5. The molecule has 2 aromatic rings. The van der Waals surface area contributed by atoms with Gasteiger partial charge in [-0.2, -0.15) is 0 Å². The van der Waals surface area contributed by atoms with E-state index in [0.717, 1.165) is 29.7 Å². The summed E-state index contributed by atoms with van der Waals surface area (Å²) in [6, 6.07) is 15.1. The van der Waals surface area contributed by atoms with Gasteiger partial charge in [-0.1, -0.05) is 24.3 Å². The van der Waals surface area contributed by atoms with Gasteiger partial charge in [0.15, 0.2) is 6.61 Å². The predicted octanol–water partition coefficient (Wildman–Crippen LogP) is 3.45. The zero-order valence-corrected chi connectivity index (χ0v) is 16.7. The molecule has 0 bridgehead atoms. The molecule has 0 radical (unpaired) electrons. The quantitative estimate of drug-likeness (QED) is 0.481. The van der Waals surface area contributed by atoms with Crippen LogP contribution in [-0.2, 0) is 20.9 Å². The number of hydrogen-bond donors (Lipinski definition) is 0. The number of methoxy groups -OCH3 is 2. The lowest BCUT2D eigenvalue weighted by Crippen LogP contribution is -2.35. The van der Waals surface area contributed by atoms with Crippen LogP contribution in [0.15, 0.2) is 54.6 Å². The third kappa shape index (κ3) is 6.10. The first kappa shape index (κ1) is 20.5. The molecule has 0 spiro atoms. The molecule has 0 saturated heterocycles. The van der Waals surface area contributed by atoms with Crippen molar-refractivity contribution in [3.63, 3.8) is 0 Å². The van der Waals surface area contributed by atoms with Gasteiger partial charge in [0.25, 0.3) is 5.91 Å². The Morgan fingerprint density at radius 3 is 2.41 bits per heavy atom. The Hall–Kier alpha value is -3.28. The van der Waals surface area contributed by atoms with E-state index in [1.807, 2.05) is 42.5 Å². The van der Waals surface area contributed by atoms with Gasteiger partial charge in [0, 0.05) is 18.7 Å². The molecule has 152 valence electrons. The molecular weight excluding hydrogens is 370 g/mol. The summed E-state index contributed by atoms with van der Waals surface area (Å²) in [6.45, 7) is 0.221. The van der Waals surface area contributed by atoms with E-state index in [0.29, 0.717) is 12.3 Å². The van der Waals surface area contributed by atoms with Crippen molar-refractivity contribution in [2.75, 3.05) is 20.8 Å². The highest BCUT2D eigenvalue weighted by atomic mass is 16.5. The van der Waals surface area contributed by atoms with E-state index in [1.54, 1.807) is 31.3 Å². The maximum absolute atomic E-state index is 12.6. The van der Waals surface area contributed by atoms with E-state index < -0.39 is 5.97 Å². The molecule has 0 atom stereocenters. The van der Waals surface area contributed by atoms with Crippen molar-refractivity contribution in [3.05, 3.63) is 65.7 Å². The Labute approximate surface area is 170 Å². The number of ether oxygens (including phenoxy) is 3. The SMILES string of the molecule is COc1ccc(CN(C(=O)COC(=O)/C=C/c2cccc(OC)c2)C2CC2)cc1. The number of hydrogen-bond acceptors (Lipinski definition) is 5. The molecule has 0 aliphatic heterocycles. The van der Waals surface area contributed by atoms with E-state index in [1.165, 1.54) is 6.08 Å². The van der Waals surface area contributed by atoms with Crippen molar-refractivity contribution in [3.8, 4) is 11.5 Å². The molecule has 6 nitrogen and oxygen atoms in total. The van der Waals surface area contributed by atoms with Gasteiger partial charge >= 0.3 is 5.97 Å². The number of nitrogens with zero attached hydrogens (tertiary/aromatic N) is 1. The zero-order valence-electron chi connectivity index (χ0n) is 16.7. The Bertz CT molecular complexity index is 871. The van der Waals surface area contributed by atoms with Gasteiger partial charge < -0.3 is 19.1 Å². The average molecular weight is 395 g/mol. The second-order valence-electron chi connectivity index (χ2n) is 6.82. The summed E-state index contributed by atoms with van der Waals surface area (Å²) in [5, 5.41) is 0. The van der Waals surface area contributed by atoms with Crippen molar-refractivity contribution in [2.45, 2.75) is 25.4 Å². The van der Waals surface area contributed by atoms with Crippen molar-refractivity contribution < 1.29 is 23.8 Å². The van der Waals surface area contributed by atoms with Crippen molar-refractivity contribution in [1.29, 1.82) is 0 Å². The second-order valence-corrected chi connectivity index (χ2v) is 6.82. The fourth-order valence-electron chi connectivity index (χ4n) is 2.91. The normalized spacial score (nSPS) is 13.2. The maximum atomic E-state index is 12.6. The smallest absolute Gasteiger partial charge is 0.331 e. The Balaban J connectivity index is 1.53. The van der Waals surface area contributed by atoms with Gasteiger partial charge in [0.1, 0.15) is 11.5 Å². The monoisotopic (exact) mass is 395 g/mol. The van der Waals surface area contributed by atoms with Crippen LogP contribution < -0.4 is 9.47 Å². The lowest BCUT2D eigenvalue weighted by Gasteiger charge is -2.22. The van der Waals surface area contributed by atoms with Gasteiger partial charge in [-0.05, 0) is 54.3 Å². The summed E-state index contributed by atoms with van der Waals surface area (Å²) in [4.78, 5) is 26.4. The molecule has 1 aliphatic rings. The summed E-state index contributed by atoms with van der Waals surface area (Å²) in [5.41, 5.74) is 1.82. The molecule has 1 saturated carbocycles. The van der Waals surface area contributed by atoms with E-state index >= 15 is 0 Å².